The summed E-state index contributed by atoms with van der Waals surface area (Å²) in [6.07, 6.45) is 2.36. The number of pyridine rings is 1. The highest BCUT2D eigenvalue weighted by Gasteiger charge is 2.18. The largest absolute Gasteiger partial charge is 0.507 e. The Balaban J connectivity index is 2.05. The van der Waals surface area contributed by atoms with Gasteiger partial charge in [-0.05, 0) is 24.5 Å². The SMILES string of the molecule is O=c1c(Cc2ccccc2)c(O)cc2n1CCC2. The molecule has 0 aliphatic carbocycles. The molecular formula is C15H15NO2. The zero-order chi connectivity index (χ0) is 12.5. The molecule has 2 heterocycles. The van der Waals surface area contributed by atoms with Gasteiger partial charge in [-0.2, -0.15) is 0 Å². The van der Waals surface area contributed by atoms with E-state index in [0.29, 0.717) is 12.0 Å². The van der Waals surface area contributed by atoms with Crippen molar-refractivity contribution in [2.75, 3.05) is 0 Å². The van der Waals surface area contributed by atoms with Crippen molar-refractivity contribution in [2.24, 2.45) is 0 Å². The predicted molar refractivity (Wildman–Crippen MR) is 69.9 cm³/mol. The molecule has 0 spiro atoms. The average molecular weight is 241 g/mol. The highest BCUT2D eigenvalue weighted by atomic mass is 16.3. The van der Waals surface area contributed by atoms with Gasteiger partial charge in [-0.3, -0.25) is 4.79 Å². The van der Waals surface area contributed by atoms with E-state index < -0.39 is 0 Å². The van der Waals surface area contributed by atoms with Crippen LogP contribution in [0.25, 0.3) is 0 Å². The van der Waals surface area contributed by atoms with Gasteiger partial charge >= 0.3 is 0 Å². The van der Waals surface area contributed by atoms with Crippen LogP contribution in [-0.2, 0) is 19.4 Å². The van der Waals surface area contributed by atoms with E-state index in [1.54, 1.807) is 10.6 Å². The molecule has 0 unspecified atom stereocenters. The number of aromatic hydroxyl groups is 1. The van der Waals surface area contributed by atoms with Crippen molar-refractivity contribution in [1.29, 1.82) is 0 Å². The first kappa shape index (κ1) is 11.1. The summed E-state index contributed by atoms with van der Waals surface area (Å²) in [5.41, 5.74) is 2.47. The number of nitrogens with zero attached hydrogens (tertiary/aromatic N) is 1. The number of benzene rings is 1. The fourth-order valence-electron chi connectivity index (χ4n) is 2.56. The minimum atomic E-state index is -0.0358. The molecule has 1 aliphatic heterocycles. The minimum absolute atomic E-state index is 0.0358. The van der Waals surface area contributed by atoms with Gasteiger partial charge in [-0.25, -0.2) is 0 Å². The lowest BCUT2D eigenvalue weighted by atomic mass is 10.1. The van der Waals surface area contributed by atoms with Gasteiger partial charge in [0, 0.05) is 18.7 Å². The molecule has 1 aliphatic rings. The summed E-state index contributed by atoms with van der Waals surface area (Å²) in [4.78, 5) is 12.3. The first-order chi connectivity index (χ1) is 8.75. The van der Waals surface area contributed by atoms with Crippen LogP contribution >= 0.6 is 0 Å². The number of aryl methyl sites for hydroxylation is 1. The van der Waals surface area contributed by atoms with Gasteiger partial charge < -0.3 is 9.67 Å². The summed E-state index contributed by atoms with van der Waals surface area (Å²) in [6, 6.07) is 11.5. The standard InChI is InChI=1S/C15H15NO2/c17-14-10-12-7-4-8-16(12)15(18)13(14)9-11-5-2-1-3-6-11/h1-3,5-6,10,17H,4,7-9H2. The van der Waals surface area contributed by atoms with Crippen molar-refractivity contribution in [2.45, 2.75) is 25.8 Å². The van der Waals surface area contributed by atoms with Crippen LogP contribution in [0.4, 0.5) is 0 Å². The van der Waals surface area contributed by atoms with Gasteiger partial charge in [-0.15, -0.1) is 0 Å². The molecule has 0 saturated heterocycles. The second-order valence-corrected chi connectivity index (χ2v) is 4.72. The van der Waals surface area contributed by atoms with Crippen molar-refractivity contribution in [3.8, 4) is 5.75 Å². The molecule has 0 amide bonds. The van der Waals surface area contributed by atoms with Crippen LogP contribution < -0.4 is 5.56 Å². The van der Waals surface area contributed by atoms with Gasteiger partial charge in [0.15, 0.2) is 0 Å². The molecule has 1 N–H and O–H groups in total. The Hall–Kier alpha value is -2.03. The molecule has 18 heavy (non-hydrogen) atoms. The fourth-order valence-corrected chi connectivity index (χ4v) is 2.56. The van der Waals surface area contributed by atoms with Crippen LogP contribution in [0.1, 0.15) is 23.2 Å². The maximum atomic E-state index is 12.3. The number of hydrogen-bond acceptors (Lipinski definition) is 2. The molecule has 3 rings (SSSR count). The van der Waals surface area contributed by atoms with Gasteiger partial charge in [0.25, 0.3) is 5.56 Å². The third-order valence-electron chi connectivity index (χ3n) is 3.50. The van der Waals surface area contributed by atoms with Crippen LogP contribution in [0.5, 0.6) is 5.75 Å². The Bertz CT molecular complexity index is 629. The maximum Gasteiger partial charge on any atom is 0.258 e. The molecule has 0 saturated carbocycles. The van der Waals surface area contributed by atoms with Gasteiger partial charge in [-0.1, -0.05) is 30.3 Å². The van der Waals surface area contributed by atoms with Crippen molar-refractivity contribution in [3.63, 3.8) is 0 Å². The van der Waals surface area contributed by atoms with Gasteiger partial charge in [0.2, 0.25) is 0 Å². The lowest BCUT2D eigenvalue weighted by Crippen LogP contribution is -2.23. The molecule has 3 heteroatoms. The summed E-state index contributed by atoms with van der Waals surface area (Å²) in [7, 11) is 0. The van der Waals surface area contributed by atoms with E-state index in [-0.39, 0.29) is 11.3 Å². The van der Waals surface area contributed by atoms with E-state index >= 15 is 0 Å². The molecule has 1 aromatic heterocycles. The number of fused-ring (bicyclic) bond motifs is 1. The summed E-state index contributed by atoms with van der Waals surface area (Å²) in [6.45, 7) is 0.774. The molecular weight excluding hydrogens is 226 g/mol. The monoisotopic (exact) mass is 241 g/mol. The van der Waals surface area contributed by atoms with E-state index in [4.69, 9.17) is 0 Å². The van der Waals surface area contributed by atoms with Gasteiger partial charge in [0.05, 0.1) is 5.56 Å². The maximum absolute atomic E-state index is 12.3. The van der Waals surface area contributed by atoms with Crippen LogP contribution in [-0.4, -0.2) is 9.67 Å². The zero-order valence-electron chi connectivity index (χ0n) is 10.1. The fraction of sp³-hybridized carbons (Fsp3) is 0.267. The predicted octanol–water partition coefficient (Wildman–Crippen LogP) is 2.09. The third kappa shape index (κ3) is 1.82. The van der Waals surface area contributed by atoms with Crippen molar-refractivity contribution in [3.05, 3.63) is 63.6 Å². The second kappa shape index (κ2) is 4.33. The van der Waals surface area contributed by atoms with E-state index in [1.807, 2.05) is 30.3 Å². The summed E-state index contributed by atoms with van der Waals surface area (Å²) in [5.74, 6) is 0.136. The van der Waals surface area contributed by atoms with Crippen LogP contribution in [0.2, 0.25) is 0 Å². The molecule has 2 aromatic rings. The van der Waals surface area contributed by atoms with E-state index in [0.717, 1.165) is 30.6 Å². The second-order valence-electron chi connectivity index (χ2n) is 4.72. The first-order valence-corrected chi connectivity index (χ1v) is 6.24. The van der Waals surface area contributed by atoms with Crippen molar-refractivity contribution >= 4 is 0 Å². The lowest BCUT2D eigenvalue weighted by molar-refractivity contribution is 0.464. The Labute approximate surface area is 105 Å². The van der Waals surface area contributed by atoms with Crippen LogP contribution in [0.3, 0.4) is 0 Å². The molecule has 0 fully saturated rings. The molecule has 1 aromatic carbocycles. The summed E-state index contributed by atoms with van der Waals surface area (Å²) < 4.78 is 1.79. The van der Waals surface area contributed by atoms with Crippen LogP contribution in [0.15, 0.2) is 41.2 Å². The smallest absolute Gasteiger partial charge is 0.258 e. The zero-order valence-corrected chi connectivity index (χ0v) is 10.1. The topological polar surface area (TPSA) is 42.2 Å². The van der Waals surface area contributed by atoms with Crippen molar-refractivity contribution < 1.29 is 5.11 Å². The Morgan fingerprint density at radius 2 is 2.00 bits per heavy atom. The van der Waals surface area contributed by atoms with Gasteiger partial charge in [0.1, 0.15) is 5.75 Å². The Morgan fingerprint density at radius 3 is 2.78 bits per heavy atom. The molecule has 0 radical (unpaired) electrons. The van der Waals surface area contributed by atoms with Crippen LogP contribution in [0, 0.1) is 0 Å². The van der Waals surface area contributed by atoms with E-state index in [1.165, 1.54) is 0 Å². The molecule has 92 valence electrons. The normalized spacial score (nSPS) is 13.6. The molecule has 3 nitrogen and oxygen atoms in total. The Morgan fingerprint density at radius 1 is 1.22 bits per heavy atom. The minimum Gasteiger partial charge on any atom is -0.507 e. The third-order valence-corrected chi connectivity index (χ3v) is 3.50. The number of aromatic nitrogens is 1. The summed E-state index contributed by atoms with van der Waals surface area (Å²) in [5, 5.41) is 10.0. The molecule has 0 atom stereocenters. The first-order valence-electron chi connectivity index (χ1n) is 6.24. The number of hydrogen-bond donors (Lipinski definition) is 1. The average Bonchev–Trinajstić information content (AvgIpc) is 2.84. The molecule has 0 bridgehead atoms. The van der Waals surface area contributed by atoms with E-state index in [2.05, 4.69) is 0 Å². The highest BCUT2D eigenvalue weighted by Crippen LogP contribution is 2.22. The summed E-state index contributed by atoms with van der Waals surface area (Å²) >= 11 is 0. The highest BCUT2D eigenvalue weighted by molar-refractivity contribution is 5.37. The van der Waals surface area contributed by atoms with E-state index in [9.17, 15) is 9.90 Å². The number of rotatable bonds is 2. The van der Waals surface area contributed by atoms with Crippen molar-refractivity contribution in [1.82, 2.24) is 4.57 Å². The lowest BCUT2D eigenvalue weighted by Gasteiger charge is -2.09. The Kier molecular flexibility index (Phi) is 2.67. The quantitative estimate of drug-likeness (QED) is 0.874.